The molecule has 0 aromatic carbocycles. The van der Waals surface area contributed by atoms with E-state index in [1.807, 2.05) is 12.4 Å². The molecule has 3 nitrogen and oxygen atoms in total. The van der Waals surface area contributed by atoms with Crippen LogP contribution >= 0.6 is 11.8 Å². The summed E-state index contributed by atoms with van der Waals surface area (Å²) < 4.78 is 0. The molecule has 0 aliphatic carbocycles. The fraction of sp³-hybridized carbons (Fsp3) is 0.643. The molecule has 1 saturated heterocycles. The Morgan fingerprint density at radius 3 is 2.56 bits per heavy atom. The van der Waals surface area contributed by atoms with Crippen molar-refractivity contribution in [3.63, 3.8) is 0 Å². The van der Waals surface area contributed by atoms with Crippen molar-refractivity contribution in [1.29, 1.82) is 0 Å². The quantitative estimate of drug-likeness (QED) is 0.885. The van der Waals surface area contributed by atoms with Gasteiger partial charge in [-0.15, -0.1) is 0 Å². The predicted molar refractivity (Wildman–Crippen MR) is 78.7 cm³/mol. The number of rotatable bonds is 5. The van der Waals surface area contributed by atoms with Crippen molar-refractivity contribution in [2.75, 3.05) is 24.6 Å². The molecular weight excluding hydrogens is 242 g/mol. The van der Waals surface area contributed by atoms with Crippen LogP contribution < -0.4 is 5.73 Å². The number of likely N-dealkylation sites (N-methyl/N-ethyl adjacent to an activating group) is 1. The first-order valence-corrected chi connectivity index (χ1v) is 7.88. The second kappa shape index (κ2) is 6.55. The molecule has 1 aliphatic rings. The van der Waals surface area contributed by atoms with E-state index in [1.165, 1.54) is 29.9 Å². The minimum absolute atomic E-state index is 0.212. The van der Waals surface area contributed by atoms with E-state index in [0.717, 1.165) is 19.6 Å². The predicted octanol–water partition coefficient (Wildman–Crippen LogP) is 2.13. The molecule has 0 saturated carbocycles. The highest BCUT2D eigenvalue weighted by molar-refractivity contribution is 7.99. The zero-order valence-corrected chi connectivity index (χ0v) is 12.0. The molecule has 100 valence electrons. The van der Waals surface area contributed by atoms with Gasteiger partial charge in [0.05, 0.1) is 0 Å². The van der Waals surface area contributed by atoms with Crippen molar-refractivity contribution in [2.24, 2.45) is 5.73 Å². The van der Waals surface area contributed by atoms with Crippen LogP contribution in [-0.4, -0.2) is 40.0 Å². The second-order valence-electron chi connectivity index (χ2n) is 4.91. The van der Waals surface area contributed by atoms with Gasteiger partial charge in [-0.2, -0.15) is 11.8 Å². The summed E-state index contributed by atoms with van der Waals surface area (Å²) in [5.74, 6) is 2.48. The van der Waals surface area contributed by atoms with Gasteiger partial charge >= 0.3 is 0 Å². The van der Waals surface area contributed by atoms with Gasteiger partial charge in [-0.1, -0.05) is 6.92 Å². The van der Waals surface area contributed by atoms with Gasteiger partial charge in [-0.05, 0) is 48.6 Å². The topological polar surface area (TPSA) is 42.2 Å². The summed E-state index contributed by atoms with van der Waals surface area (Å²) in [6.45, 7) is 5.05. The Morgan fingerprint density at radius 1 is 1.33 bits per heavy atom. The highest BCUT2D eigenvalue weighted by Gasteiger charge is 2.36. The van der Waals surface area contributed by atoms with Crippen molar-refractivity contribution >= 4 is 11.8 Å². The molecule has 0 radical (unpaired) electrons. The lowest BCUT2D eigenvalue weighted by molar-refractivity contribution is 0.0824. The first kappa shape index (κ1) is 13.8. The summed E-state index contributed by atoms with van der Waals surface area (Å²) >= 11 is 2.05. The zero-order chi connectivity index (χ0) is 12.8. The Bertz CT molecular complexity index is 349. The van der Waals surface area contributed by atoms with E-state index >= 15 is 0 Å². The Balaban J connectivity index is 2.11. The van der Waals surface area contributed by atoms with Gasteiger partial charge in [-0.3, -0.25) is 9.88 Å². The minimum Gasteiger partial charge on any atom is -0.329 e. The van der Waals surface area contributed by atoms with Crippen LogP contribution in [-0.2, 0) is 6.54 Å². The molecule has 2 N–H and O–H groups in total. The number of nitrogens with two attached hydrogens (primary N) is 1. The molecule has 18 heavy (non-hydrogen) atoms. The molecule has 1 aromatic rings. The van der Waals surface area contributed by atoms with Gasteiger partial charge in [0.2, 0.25) is 0 Å². The first-order valence-electron chi connectivity index (χ1n) is 6.72. The summed E-state index contributed by atoms with van der Waals surface area (Å²) in [5.41, 5.74) is 7.65. The highest BCUT2D eigenvalue weighted by Crippen LogP contribution is 2.32. The lowest BCUT2D eigenvalue weighted by Gasteiger charge is -2.45. The maximum atomic E-state index is 6.11. The molecule has 0 atom stereocenters. The van der Waals surface area contributed by atoms with Crippen molar-refractivity contribution < 1.29 is 0 Å². The van der Waals surface area contributed by atoms with Crippen LogP contribution in [0.15, 0.2) is 24.5 Å². The molecule has 1 aliphatic heterocycles. The summed E-state index contributed by atoms with van der Waals surface area (Å²) in [4.78, 5) is 6.64. The van der Waals surface area contributed by atoms with E-state index in [9.17, 15) is 0 Å². The summed E-state index contributed by atoms with van der Waals surface area (Å²) in [6, 6.07) is 4.20. The van der Waals surface area contributed by atoms with E-state index in [0.29, 0.717) is 0 Å². The molecule has 4 heteroatoms. The van der Waals surface area contributed by atoms with Crippen molar-refractivity contribution in [2.45, 2.75) is 31.8 Å². The smallest absolute Gasteiger partial charge is 0.0350 e. The SMILES string of the molecule is CCN(Cc1ccncc1)C1(CN)CCSCC1. The number of hydrogen-bond donors (Lipinski definition) is 1. The molecule has 0 unspecified atom stereocenters. The van der Waals surface area contributed by atoms with E-state index in [4.69, 9.17) is 5.73 Å². The lowest BCUT2D eigenvalue weighted by Crippen LogP contribution is -2.55. The largest absolute Gasteiger partial charge is 0.329 e. The van der Waals surface area contributed by atoms with Crippen LogP contribution in [0.3, 0.4) is 0 Å². The van der Waals surface area contributed by atoms with Crippen LogP contribution in [0.5, 0.6) is 0 Å². The summed E-state index contributed by atoms with van der Waals surface area (Å²) in [6.07, 6.45) is 6.17. The molecule has 2 heterocycles. The van der Waals surface area contributed by atoms with Gasteiger partial charge in [-0.25, -0.2) is 0 Å². The maximum absolute atomic E-state index is 6.11. The fourth-order valence-corrected chi connectivity index (χ4v) is 3.98. The van der Waals surface area contributed by atoms with Crippen LogP contribution in [0.25, 0.3) is 0 Å². The Hall–Kier alpha value is -0.580. The Labute approximate surface area is 114 Å². The molecule has 0 bridgehead atoms. The standard InChI is InChI=1S/C14H23N3S/c1-2-17(11-13-3-7-16-8-4-13)14(12-15)5-9-18-10-6-14/h3-4,7-8H,2,5-6,9-12,15H2,1H3. The van der Waals surface area contributed by atoms with Gasteiger partial charge in [0.15, 0.2) is 0 Å². The van der Waals surface area contributed by atoms with Crippen LogP contribution in [0.2, 0.25) is 0 Å². The third-order valence-electron chi connectivity index (χ3n) is 3.98. The lowest BCUT2D eigenvalue weighted by atomic mass is 9.89. The minimum atomic E-state index is 0.212. The summed E-state index contributed by atoms with van der Waals surface area (Å²) in [5, 5.41) is 0. The van der Waals surface area contributed by atoms with E-state index < -0.39 is 0 Å². The zero-order valence-electron chi connectivity index (χ0n) is 11.1. The number of pyridine rings is 1. The van der Waals surface area contributed by atoms with E-state index in [1.54, 1.807) is 0 Å². The van der Waals surface area contributed by atoms with Crippen LogP contribution in [0.4, 0.5) is 0 Å². The number of thioether (sulfide) groups is 1. The van der Waals surface area contributed by atoms with E-state index in [-0.39, 0.29) is 5.54 Å². The van der Waals surface area contributed by atoms with Gasteiger partial charge in [0.1, 0.15) is 0 Å². The monoisotopic (exact) mass is 265 g/mol. The third kappa shape index (κ3) is 3.05. The molecule has 2 rings (SSSR count). The van der Waals surface area contributed by atoms with Crippen molar-refractivity contribution in [3.05, 3.63) is 30.1 Å². The molecule has 0 spiro atoms. The maximum Gasteiger partial charge on any atom is 0.0350 e. The summed E-state index contributed by atoms with van der Waals surface area (Å²) in [7, 11) is 0. The average molecular weight is 265 g/mol. The van der Waals surface area contributed by atoms with Gasteiger partial charge in [0, 0.05) is 31.0 Å². The average Bonchev–Trinajstić information content (AvgIpc) is 2.46. The third-order valence-corrected chi connectivity index (χ3v) is 4.96. The van der Waals surface area contributed by atoms with Crippen LogP contribution in [0, 0.1) is 0 Å². The number of nitrogens with zero attached hydrogens (tertiary/aromatic N) is 2. The van der Waals surface area contributed by atoms with Crippen molar-refractivity contribution in [3.8, 4) is 0 Å². The normalized spacial score (nSPS) is 19.1. The van der Waals surface area contributed by atoms with Gasteiger partial charge in [0.25, 0.3) is 0 Å². The molecule has 1 fully saturated rings. The number of hydrogen-bond acceptors (Lipinski definition) is 4. The number of aromatic nitrogens is 1. The second-order valence-corrected chi connectivity index (χ2v) is 6.14. The first-order chi connectivity index (χ1) is 8.80. The Morgan fingerprint density at radius 2 is 2.00 bits per heavy atom. The van der Waals surface area contributed by atoms with Gasteiger partial charge < -0.3 is 5.73 Å². The van der Waals surface area contributed by atoms with Crippen molar-refractivity contribution in [1.82, 2.24) is 9.88 Å². The van der Waals surface area contributed by atoms with E-state index in [2.05, 4.69) is 40.7 Å². The molecule has 1 aromatic heterocycles. The fourth-order valence-electron chi connectivity index (χ4n) is 2.72. The highest BCUT2D eigenvalue weighted by atomic mass is 32.2. The molecular formula is C14H23N3S. The molecule has 0 amide bonds. The van der Waals surface area contributed by atoms with Crippen LogP contribution in [0.1, 0.15) is 25.3 Å². The Kier molecular flexibility index (Phi) is 5.03.